The zero-order valence-electron chi connectivity index (χ0n) is 11.6. The zero-order chi connectivity index (χ0) is 15.5. The van der Waals surface area contributed by atoms with E-state index in [2.05, 4.69) is 14.9 Å². The van der Waals surface area contributed by atoms with E-state index in [0.29, 0.717) is 16.9 Å². The molecule has 1 N–H and O–H groups in total. The maximum Gasteiger partial charge on any atom is 0.129 e. The van der Waals surface area contributed by atoms with Gasteiger partial charge in [-0.05, 0) is 28.7 Å². The van der Waals surface area contributed by atoms with Crippen molar-refractivity contribution in [3.8, 4) is 0 Å². The maximum absolute atomic E-state index is 8.23. The Labute approximate surface area is 141 Å². The van der Waals surface area contributed by atoms with Crippen LogP contribution in [0.25, 0.3) is 0 Å². The summed E-state index contributed by atoms with van der Waals surface area (Å²) in [5.41, 5.74) is 2.16. The summed E-state index contributed by atoms with van der Waals surface area (Å²) < 4.78 is 8.23. The molecular weight excluding hydrogens is 339 g/mol. The molecule has 2 unspecified atom stereocenters. The lowest BCUT2D eigenvalue weighted by molar-refractivity contribution is 0.350. The molecular formula is C15H14Cl2N4S. The first kappa shape index (κ1) is 15.5. The summed E-state index contributed by atoms with van der Waals surface area (Å²) in [5.74, 6) is 0. The predicted molar refractivity (Wildman–Crippen MR) is 90.8 cm³/mol. The first-order valence-corrected chi connectivity index (χ1v) is 8.80. The third kappa shape index (κ3) is 3.66. The van der Waals surface area contributed by atoms with Gasteiger partial charge in [-0.15, -0.1) is 0 Å². The molecule has 4 nitrogen and oxygen atoms in total. The summed E-state index contributed by atoms with van der Waals surface area (Å²) in [6.07, 6.45) is 6.32. The topological polar surface area (TPSA) is 52.9 Å². The van der Waals surface area contributed by atoms with Gasteiger partial charge in [-0.25, -0.2) is 9.97 Å². The van der Waals surface area contributed by atoms with Crippen LogP contribution < -0.4 is 0 Å². The van der Waals surface area contributed by atoms with Crippen molar-refractivity contribution in [1.29, 1.82) is 4.78 Å². The number of nitrogens with zero attached hydrogens (tertiary/aromatic N) is 3. The van der Waals surface area contributed by atoms with E-state index in [4.69, 9.17) is 28.0 Å². The highest BCUT2D eigenvalue weighted by Crippen LogP contribution is 2.23. The third-order valence-corrected chi connectivity index (χ3v) is 5.30. The van der Waals surface area contributed by atoms with Gasteiger partial charge in [-0.3, -0.25) is 4.78 Å². The number of hydrogen-bond acceptors (Lipinski definition) is 4. The van der Waals surface area contributed by atoms with E-state index in [1.54, 1.807) is 24.5 Å². The Morgan fingerprint density at radius 1 is 1.05 bits per heavy atom. The van der Waals surface area contributed by atoms with Crippen molar-refractivity contribution in [3.05, 3.63) is 69.7 Å². The molecule has 0 fully saturated rings. The fourth-order valence-electron chi connectivity index (χ4n) is 2.28. The summed E-state index contributed by atoms with van der Waals surface area (Å²) in [5, 5.41) is 3.03. The Hall–Kier alpha value is -1.43. The molecule has 22 heavy (non-hydrogen) atoms. The molecule has 2 aromatic rings. The molecule has 0 spiro atoms. The molecule has 1 aliphatic rings. The molecule has 0 saturated heterocycles. The summed E-state index contributed by atoms with van der Waals surface area (Å²) in [4.78, 5) is 10.4. The van der Waals surface area contributed by atoms with E-state index in [-0.39, 0.29) is 5.37 Å². The molecule has 0 bridgehead atoms. The highest BCUT2D eigenvalue weighted by atomic mass is 35.5. The number of pyridine rings is 2. The molecule has 7 heteroatoms. The highest BCUT2D eigenvalue weighted by Gasteiger charge is 2.24. The van der Waals surface area contributed by atoms with Crippen LogP contribution in [0.5, 0.6) is 0 Å². The molecule has 0 radical (unpaired) electrons. The number of hydrogen-bond donors (Lipinski definition) is 1. The Morgan fingerprint density at radius 2 is 1.68 bits per heavy atom. The first-order chi connectivity index (χ1) is 10.6. The molecule has 114 valence electrons. The van der Waals surface area contributed by atoms with Crippen LogP contribution in [0.2, 0.25) is 10.3 Å². The smallest absolute Gasteiger partial charge is 0.129 e. The minimum absolute atomic E-state index is 0.110. The standard InChI is InChI=1S/C15H14Cl2N4S/c16-13-3-1-11(8-19-13)7-15-21(5-6-22(15)18)10-12-2-4-14(17)20-9-12/h1-6,8-9,15,18H,7,10H2. The van der Waals surface area contributed by atoms with Crippen LogP contribution in [0, 0.1) is 4.78 Å². The van der Waals surface area contributed by atoms with Crippen LogP contribution >= 0.6 is 23.2 Å². The maximum atomic E-state index is 8.23. The number of rotatable bonds is 4. The van der Waals surface area contributed by atoms with Crippen LogP contribution in [0.15, 0.2) is 48.3 Å². The minimum Gasteiger partial charge on any atom is -0.359 e. The van der Waals surface area contributed by atoms with Crippen molar-refractivity contribution in [2.24, 2.45) is 0 Å². The van der Waals surface area contributed by atoms with Crippen LogP contribution in [0.3, 0.4) is 0 Å². The number of nitrogens with one attached hydrogen (secondary N) is 1. The second-order valence-corrected chi connectivity index (χ2v) is 7.30. The van der Waals surface area contributed by atoms with Gasteiger partial charge in [0, 0.05) is 31.6 Å². The van der Waals surface area contributed by atoms with Gasteiger partial charge in [-0.2, -0.15) is 0 Å². The van der Waals surface area contributed by atoms with Gasteiger partial charge < -0.3 is 4.90 Å². The van der Waals surface area contributed by atoms with E-state index < -0.39 is 10.7 Å². The van der Waals surface area contributed by atoms with Gasteiger partial charge in [-0.1, -0.05) is 46.0 Å². The van der Waals surface area contributed by atoms with Crippen LogP contribution in [0.1, 0.15) is 11.1 Å². The minimum atomic E-state index is -0.536. The summed E-state index contributed by atoms with van der Waals surface area (Å²) in [6.45, 7) is 0.717. The van der Waals surface area contributed by atoms with Crippen molar-refractivity contribution in [1.82, 2.24) is 14.9 Å². The van der Waals surface area contributed by atoms with Gasteiger partial charge in [0.1, 0.15) is 10.3 Å². The average Bonchev–Trinajstić information content (AvgIpc) is 2.85. The summed E-state index contributed by atoms with van der Waals surface area (Å²) >= 11 is 11.6. The molecule has 1 aliphatic heterocycles. The summed E-state index contributed by atoms with van der Waals surface area (Å²) in [7, 11) is -0.536. The average molecular weight is 353 g/mol. The Kier molecular flexibility index (Phi) is 4.76. The van der Waals surface area contributed by atoms with Gasteiger partial charge in [0.25, 0.3) is 0 Å². The molecule has 0 aliphatic carbocycles. The second kappa shape index (κ2) is 6.77. The van der Waals surface area contributed by atoms with Crippen molar-refractivity contribution in [3.63, 3.8) is 0 Å². The molecule has 3 rings (SSSR count). The van der Waals surface area contributed by atoms with Gasteiger partial charge in [0.05, 0.1) is 5.37 Å². The molecule has 0 saturated carbocycles. The van der Waals surface area contributed by atoms with E-state index >= 15 is 0 Å². The fourth-order valence-corrected chi connectivity index (χ4v) is 3.78. The highest BCUT2D eigenvalue weighted by molar-refractivity contribution is 7.89. The number of aromatic nitrogens is 2. The lowest BCUT2D eigenvalue weighted by Crippen LogP contribution is -2.30. The van der Waals surface area contributed by atoms with Gasteiger partial charge in [0.2, 0.25) is 0 Å². The SMILES string of the molecule is N=S1C=CN(Cc2ccc(Cl)nc2)C1Cc1ccc(Cl)nc1. The Morgan fingerprint density at radius 3 is 2.27 bits per heavy atom. The molecule has 0 aromatic carbocycles. The molecule has 2 aromatic heterocycles. The van der Waals surface area contributed by atoms with Gasteiger partial charge >= 0.3 is 0 Å². The normalized spacial score (nSPS) is 20.5. The molecule has 3 heterocycles. The van der Waals surface area contributed by atoms with E-state index in [1.165, 1.54) is 0 Å². The number of halogens is 2. The molecule has 2 atom stereocenters. The first-order valence-electron chi connectivity index (χ1n) is 6.70. The monoisotopic (exact) mass is 352 g/mol. The van der Waals surface area contributed by atoms with Crippen LogP contribution in [-0.2, 0) is 23.7 Å². The summed E-state index contributed by atoms with van der Waals surface area (Å²) in [6, 6.07) is 7.50. The Bertz CT molecular complexity index is 700. The van der Waals surface area contributed by atoms with E-state index in [0.717, 1.165) is 17.5 Å². The quantitative estimate of drug-likeness (QED) is 0.845. The van der Waals surface area contributed by atoms with Crippen molar-refractivity contribution in [2.75, 3.05) is 0 Å². The lowest BCUT2D eigenvalue weighted by Gasteiger charge is -2.25. The van der Waals surface area contributed by atoms with Crippen LogP contribution in [-0.4, -0.2) is 20.2 Å². The third-order valence-electron chi connectivity index (χ3n) is 3.41. The van der Waals surface area contributed by atoms with E-state index in [9.17, 15) is 0 Å². The molecule has 0 amide bonds. The van der Waals surface area contributed by atoms with Crippen molar-refractivity contribution < 1.29 is 0 Å². The lowest BCUT2D eigenvalue weighted by atomic mass is 10.2. The predicted octanol–water partition coefficient (Wildman–Crippen LogP) is 4.02. The zero-order valence-corrected chi connectivity index (χ0v) is 13.9. The van der Waals surface area contributed by atoms with E-state index in [1.807, 2.05) is 23.7 Å². The van der Waals surface area contributed by atoms with Gasteiger partial charge in [0.15, 0.2) is 0 Å². The second-order valence-electron chi connectivity index (χ2n) is 4.97. The van der Waals surface area contributed by atoms with Crippen molar-refractivity contribution >= 4 is 33.9 Å². The fraction of sp³-hybridized carbons (Fsp3) is 0.200. The largest absolute Gasteiger partial charge is 0.359 e. The Balaban J connectivity index is 1.72. The van der Waals surface area contributed by atoms with Crippen LogP contribution in [0.4, 0.5) is 0 Å². The van der Waals surface area contributed by atoms with Crippen molar-refractivity contribution in [2.45, 2.75) is 18.3 Å².